The Morgan fingerprint density at radius 3 is 2.85 bits per heavy atom. The van der Waals surface area contributed by atoms with Gasteiger partial charge < -0.3 is 10.0 Å². The van der Waals surface area contributed by atoms with Gasteiger partial charge in [0.25, 0.3) is 5.91 Å². The molecule has 184 valence electrons. The van der Waals surface area contributed by atoms with E-state index in [-0.39, 0.29) is 35.9 Å². The Kier molecular flexibility index (Phi) is 6.78. The molecule has 8 heteroatoms. The zero-order chi connectivity index (χ0) is 23.1. The fourth-order valence-corrected chi connectivity index (χ4v) is 7.51. The van der Waals surface area contributed by atoms with E-state index >= 15 is 0 Å². The number of aliphatic hydroxyl groups is 1. The van der Waals surface area contributed by atoms with Crippen molar-refractivity contribution < 1.29 is 14.7 Å². The predicted octanol–water partition coefficient (Wildman–Crippen LogP) is 1.79. The van der Waals surface area contributed by atoms with Crippen LogP contribution in [0.1, 0.15) is 71.6 Å². The fraction of sp³-hybridized carbons (Fsp3) is 0.880. The Bertz CT molecular complexity index is 775. The zero-order valence-corrected chi connectivity index (χ0v) is 20.1. The molecular formula is C25H41N5O3. The van der Waals surface area contributed by atoms with E-state index in [1.165, 1.54) is 25.7 Å². The van der Waals surface area contributed by atoms with Crippen LogP contribution in [0.2, 0.25) is 0 Å². The number of fused-ring (bicyclic) bond motifs is 4. The number of hydrogen-bond acceptors (Lipinski definition) is 6. The summed E-state index contributed by atoms with van der Waals surface area (Å²) in [5, 5.41) is 21.9. The van der Waals surface area contributed by atoms with Gasteiger partial charge in [-0.3, -0.25) is 20.2 Å². The van der Waals surface area contributed by atoms with E-state index in [1.54, 1.807) is 18.0 Å². The number of hydrogen-bond donors (Lipinski definition) is 4. The van der Waals surface area contributed by atoms with E-state index in [4.69, 9.17) is 0 Å². The SMILES string of the molecule is CC1CCC2C(C1)NC1NCN(C(C)C(=O)N/N=C/C3C(O)CCC4CCCCC43)C(=O)C12. The van der Waals surface area contributed by atoms with E-state index < -0.39 is 6.04 Å². The van der Waals surface area contributed by atoms with Gasteiger partial charge in [0.1, 0.15) is 6.04 Å². The lowest BCUT2D eigenvalue weighted by Crippen LogP contribution is -2.63. The van der Waals surface area contributed by atoms with Gasteiger partial charge in [-0.15, -0.1) is 0 Å². The summed E-state index contributed by atoms with van der Waals surface area (Å²) in [6.45, 7) is 4.43. The average molecular weight is 460 g/mol. The van der Waals surface area contributed by atoms with Gasteiger partial charge in [-0.1, -0.05) is 32.6 Å². The van der Waals surface area contributed by atoms with Crippen molar-refractivity contribution in [3.05, 3.63) is 0 Å². The maximum atomic E-state index is 13.4. The molecule has 0 aromatic rings. The summed E-state index contributed by atoms with van der Waals surface area (Å²) in [7, 11) is 0. The van der Waals surface area contributed by atoms with E-state index in [9.17, 15) is 14.7 Å². The zero-order valence-electron chi connectivity index (χ0n) is 20.1. The Morgan fingerprint density at radius 1 is 1.18 bits per heavy atom. The third-order valence-electron chi connectivity index (χ3n) is 9.44. The first-order valence-corrected chi connectivity index (χ1v) is 13.2. The van der Waals surface area contributed by atoms with Crippen LogP contribution < -0.4 is 16.1 Å². The Morgan fingerprint density at radius 2 is 2.00 bits per heavy atom. The molecule has 0 spiro atoms. The fourth-order valence-electron chi connectivity index (χ4n) is 7.51. The number of amides is 2. The highest BCUT2D eigenvalue weighted by Gasteiger charge is 2.52. The summed E-state index contributed by atoms with van der Waals surface area (Å²) in [5.74, 6) is 1.89. The second-order valence-corrected chi connectivity index (χ2v) is 11.4. The number of aliphatic hydroxyl groups excluding tert-OH is 1. The van der Waals surface area contributed by atoms with Crippen molar-refractivity contribution in [2.75, 3.05) is 6.67 Å². The van der Waals surface area contributed by atoms with E-state index in [0.717, 1.165) is 32.1 Å². The first kappa shape index (κ1) is 23.2. The van der Waals surface area contributed by atoms with Gasteiger partial charge in [0.2, 0.25) is 5.91 Å². The van der Waals surface area contributed by atoms with Crippen LogP contribution in [0.25, 0.3) is 0 Å². The molecule has 2 saturated heterocycles. The monoisotopic (exact) mass is 459 g/mol. The maximum Gasteiger partial charge on any atom is 0.262 e. The molecule has 10 unspecified atom stereocenters. The van der Waals surface area contributed by atoms with Gasteiger partial charge in [0.05, 0.1) is 24.9 Å². The van der Waals surface area contributed by atoms with Crippen LogP contribution in [-0.2, 0) is 9.59 Å². The summed E-state index contributed by atoms with van der Waals surface area (Å²) in [4.78, 5) is 28.0. The Labute approximate surface area is 197 Å². The molecule has 0 aromatic heterocycles. The summed E-state index contributed by atoms with van der Waals surface area (Å²) in [6.07, 6.45) is 11.5. The molecule has 33 heavy (non-hydrogen) atoms. The van der Waals surface area contributed by atoms with Crippen molar-refractivity contribution in [3.63, 3.8) is 0 Å². The maximum absolute atomic E-state index is 13.4. The number of nitrogens with zero attached hydrogens (tertiary/aromatic N) is 2. The molecule has 3 saturated carbocycles. The molecule has 2 amide bonds. The lowest BCUT2D eigenvalue weighted by molar-refractivity contribution is -0.148. The number of carbonyl (C=O) groups is 2. The highest BCUT2D eigenvalue weighted by atomic mass is 16.3. The third kappa shape index (κ3) is 4.46. The van der Waals surface area contributed by atoms with E-state index in [2.05, 4.69) is 28.1 Å². The standard InChI is InChI=1S/C25H41N5O3/c1-14-7-9-18-20(11-14)28-23-22(18)25(33)30(13-26-23)15(2)24(32)29-27-12-19-17-6-4-3-5-16(17)8-10-21(19)31/h12,14-23,26,28,31H,3-11,13H2,1-2H3,(H,29,32)/b27-12+. The van der Waals surface area contributed by atoms with Crippen LogP contribution in [-0.4, -0.2) is 59.1 Å². The molecule has 8 nitrogen and oxygen atoms in total. The van der Waals surface area contributed by atoms with Crippen molar-refractivity contribution in [2.24, 2.45) is 40.6 Å². The number of rotatable bonds is 4. The van der Waals surface area contributed by atoms with Crippen molar-refractivity contribution in [1.82, 2.24) is 21.0 Å². The van der Waals surface area contributed by atoms with Crippen molar-refractivity contribution in [2.45, 2.75) is 96.0 Å². The van der Waals surface area contributed by atoms with Gasteiger partial charge in [-0.2, -0.15) is 5.10 Å². The van der Waals surface area contributed by atoms with Crippen molar-refractivity contribution in [1.29, 1.82) is 0 Å². The first-order valence-electron chi connectivity index (χ1n) is 13.2. The lowest BCUT2D eigenvalue weighted by atomic mass is 9.65. The smallest absolute Gasteiger partial charge is 0.262 e. The minimum Gasteiger partial charge on any atom is -0.392 e. The molecule has 3 aliphatic carbocycles. The predicted molar refractivity (Wildman–Crippen MR) is 126 cm³/mol. The van der Waals surface area contributed by atoms with Gasteiger partial charge >= 0.3 is 0 Å². The van der Waals surface area contributed by atoms with E-state index in [1.807, 2.05) is 0 Å². The van der Waals surface area contributed by atoms with Crippen LogP contribution in [0, 0.1) is 35.5 Å². The second kappa shape index (κ2) is 9.62. The molecule has 5 rings (SSSR count). The van der Waals surface area contributed by atoms with Crippen LogP contribution >= 0.6 is 0 Å². The molecule has 0 aromatic carbocycles. The number of nitrogens with one attached hydrogen (secondary N) is 3. The van der Waals surface area contributed by atoms with Crippen LogP contribution in [0.4, 0.5) is 0 Å². The third-order valence-corrected chi connectivity index (χ3v) is 9.44. The van der Waals surface area contributed by atoms with Gasteiger partial charge in [0.15, 0.2) is 0 Å². The van der Waals surface area contributed by atoms with Crippen molar-refractivity contribution in [3.8, 4) is 0 Å². The molecule has 10 atom stereocenters. The molecule has 2 heterocycles. The average Bonchev–Trinajstić information content (AvgIpc) is 3.18. The summed E-state index contributed by atoms with van der Waals surface area (Å²) in [6, 6.07) is -0.206. The van der Waals surface area contributed by atoms with Crippen LogP contribution in [0.3, 0.4) is 0 Å². The van der Waals surface area contributed by atoms with Crippen LogP contribution in [0.15, 0.2) is 5.10 Å². The summed E-state index contributed by atoms with van der Waals surface area (Å²) in [5.41, 5.74) is 2.67. The first-order chi connectivity index (χ1) is 15.9. The number of carbonyl (C=O) groups excluding carboxylic acids is 2. The molecule has 5 aliphatic rings. The topological polar surface area (TPSA) is 106 Å². The largest absolute Gasteiger partial charge is 0.392 e. The summed E-state index contributed by atoms with van der Waals surface area (Å²) >= 11 is 0. The lowest BCUT2D eigenvalue weighted by Gasteiger charge is -2.42. The molecule has 0 radical (unpaired) electrons. The molecule has 5 fully saturated rings. The van der Waals surface area contributed by atoms with Crippen LogP contribution in [0.5, 0.6) is 0 Å². The Balaban J connectivity index is 1.19. The highest BCUT2D eigenvalue weighted by Crippen LogP contribution is 2.43. The number of hydrazone groups is 1. The minimum atomic E-state index is -0.594. The van der Waals surface area contributed by atoms with Gasteiger partial charge in [-0.25, -0.2) is 5.43 Å². The minimum absolute atomic E-state index is 0.00823. The molecular weight excluding hydrogens is 418 g/mol. The van der Waals surface area contributed by atoms with E-state index in [0.29, 0.717) is 36.4 Å². The van der Waals surface area contributed by atoms with Gasteiger partial charge in [0, 0.05) is 18.2 Å². The Hall–Kier alpha value is -1.51. The van der Waals surface area contributed by atoms with Crippen molar-refractivity contribution >= 4 is 18.0 Å². The normalized spacial score (nSPS) is 44.2. The second-order valence-electron chi connectivity index (χ2n) is 11.4. The van der Waals surface area contributed by atoms with Gasteiger partial charge in [-0.05, 0) is 62.7 Å². The highest BCUT2D eigenvalue weighted by molar-refractivity contribution is 5.89. The quantitative estimate of drug-likeness (QED) is 0.379. The summed E-state index contributed by atoms with van der Waals surface area (Å²) < 4.78 is 0. The molecule has 2 aliphatic heterocycles. The molecule has 4 N–H and O–H groups in total. The molecule has 0 bridgehead atoms.